The number of nitrogens with zero attached hydrogens (tertiary/aromatic N) is 2. The molecule has 0 unspecified atom stereocenters. The lowest BCUT2D eigenvalue weighted by Gasteiger charge is -2.46. The molecule has 4 N–H and O–H groups in total. The Labute approximate surface area is 130 Å². The van der Waals surface area contributed by atoms with E-state index in [0.717, 1.165) is 44.5 Å². The zero-order chi connectivity index (χ0) is 15.7. The molecular weight excluding hydrogens is 282 g/mol. The highest BCUT2D eigenvalue weighted by atomic mass is 16.4. The zero-order valence-electron chi connectivity index (χ0n) is 12.7. The molecule has 1 spiro atoms. The normalized spacial score (nSPS) is 21.1. The van der Waals surface area contributed by atoms with Crippen molar-refractivity contribution in [3.63, 3.8) is 0 Å². The molecule has 2 saturated heterocycles. The predicted molar refractivity (Wildman–Crippen MR) is 85.2 cm³/mol. The largest absolute Gasteiger partial charge is 0.506 e. The van der Waals surface area contributed by atoms with Crippen LogP contribution in [-0.2, 0) is 0 Å². The van der Waals surface area contributed by atoms with E-state index in [1.807, 2.05) is 6.07 Å². The van der Waals surface area contributed by atoms with Crippen LogP contribution >= 0.6 is 0 Å². The van der Waals surface area contributed by atoms with Crippen molar-refractivity contribution in [2.45, 2.75) is 25.7 Å². The molecule has 1 aromatic carbocycles. The number of carboxylic acid groups (broad SMARTS) is 1. The van der Waals surface area contributed by atoms with Crippen LogP contribution in [0.4, 0.5) is 16.2 Å². The number of phenols is 1. The summed E-state index contributed by atoms with van der Waals surface area (Å²) >= 11 is 0. The Kier molecular flexibility index (Phi) is 3.76. The molecule has 0 aromatic heterocycles. The number of piperidine rings is 2. The smallest absolute Gasteiger partial charge is 0.407 e. The lowest BCUT2D eigenvalue weighted by molar-refractivity contribution is 0.0736. The van der Waals surface area contributed by atoms with Crippen molar-refractivity contribution < 1.29 is 15.0 Å². The van der Waals surface area contributed by atoms with E-state index in [-0.39, 0.29) is 11.2 Å². The third-order valence-corrected chi connectivity index (χ3v) is 5.30. The molecule has 2 aliphatic heterocycles. The first-order valence-electron chi connectivity index (χ1n) is 7.80. The molecule has 6 heteroatoms. The molecule has 2 heterocycles. The van der Waals surface area contributed by atoms with E-state index < -0.39 is 6.09 Å². The van der Waals surface area contributed by atoms with Gasteiger partial charge in [-0.2, -0.15) is 0 Å². The van der Waals surface area contributed by atoms with Crippen LogP contribution in [0.25, 0.3) is 0 Å². The van der Waals surface area contributed by atoms with Crippen LogP contribution in [0.5, 0.6) is 5.75 Å². The fraction of sp³-hybridized carbons (Fsp3) is 0.562. The van der Waals surface area contributed by atoms with Gasteiger partial charge in [-0.3, -0.25) is 0 Å². The summed E-state index contributed by atoms with van der Waals surface area (Å²) < 4.78 is 0. The standard InChI is InChI=1S/C16H23N3O3/c17-13-2-1-12(11-14(13)20)18-7-3-16(4-8-18)5-9-19(10-6-16)15(21)22/h1-2,11,20H,3-10,17H2,(H,21,22). The number of nitrogen functional groups attached to an aromatic ring is 1. The van der Waals surface area contributed by atoms with Crippen molar-refractivity contribution in [2.24, 2.45) is 5.41 Å². The molecule has 2 aliphatic rings. The first-order valence-corrected chi connectivity index (χ1v) is 7.80. The fourth-order valence-corrected chi connectivity index (χ4v) is 3.64. The molecule has 1 aromatic rings. The lowest BCUT2D eigenvalue weighted by Crippen LogP contribution is -2.48. The Balaban J connectivity index is 1.61. The number of carbonyl (C=O) groups is 1. The van der Waals surface area contributed by atoms with Gasteiger partial charge in [0.05, 0.1) is 5.69 Å². The van der Waals surface area contributed by atoms with Gasteiger partial charge in [0.2, 0.25) is 0 Å². The van der Waals surface area contributed by atoms with E-state index in [2.05, 4.69) is 4.90 Å². The van der Waals surface area contributed by atoms with Gasteiger partial charge in [0.25, 0.3) is 0 Å². The molecule has 6 nitrogen and oxygen atoms in total. The highest BCUT2D eigenvalue weighted by Gasteiger charge is 2.38. The number of hydrogen-bond donors (Lipinski definition) is 3. The van der Waals surface area contributed by atoms with Crippen molar-refractivity contribution in [1.29, 1.82) is 0 Å². The molecule has 2 fully saturated rings. The third-order valence-electron chi connectivity index (χ3n) is 5.30. The van der Waals surface area contributed by atoms with Crippen LogP contribution in [0.2, 0.25) is 0 Å². The molecular formula is C16H23N3O3. The van der Waals surface area contributed by atoms with E-state index >= 15 is 0 Å². The summed E-state index contributed by atoms with van der Waals surface area (Å²) in [5.41, 5.74) is 7.34. The van der Waals surface area contributed by atoms with E-state index in [9.17, 15) is 9.90 Å². The summed E-state index contributed by atoms with van der Waals surface area (Å²) in [7, 11) is 0. The first kappa shape index (κ1) is 14.8. The average Bonchev–Trinajstić information content (AvgIpc) is 2.51. The number of anilines is 2. The minimum Gasteiger partial charge on any atom is -0.506 e. The van der Waals surface area contributed by atoms with Crippen molar-refractivity contribution >= 4 is 17.5 Å². The second-order valence-electron chi connectivity index (χ2n) is 6.50. The van der Waals surface area contributed by atoms with Crippen LogP contribution in [0.3, 0.4) is 0 Å². The Hall–Kier alpha value is -2.11. The van der Waals surface area contributed by atoms with Gasteiger partial charge in [-0.15, -0.1) is 0 Å². The van der Waals surface area contributed by atoms with Crippen LogP contribution in [0, 0.1) is 5.41 Å². The number of nitrogens with two attached hydrogens (primary N) is 1. The second kappa shape index (κ2) is 5.59. The number of hydrogen-bond acceptors (Lipinski definition) is 4. The Morgan fingerprint density at radius 3 is 2.23 bits per heavy atom. The molecule has 0 radical (unpaired) electrons. The molecule has 1 amide bonds. The maximum absolute atomic E-state index is 11.0. The average molecular weight is 305 g/mol. The SMILES string of the molecule is Nc1ccc(N2CCC3(CCN(C(=O)O)CC3)CC2)cc1O. The van der Waals surface area contributed by atoms with Gasteiger partial charge in [0.1, 0.15) is 5.75 Å². The highest BCUT2D eigenvalue weighted by molar-refractivity contribution is 5.65. The van der Waals surface area contributed by atoms with Gasteiger partial charge in [-0.05, 0) is 43.2 Å². The summed E-state index contributed by atoms with van der Waals surface area (Å²) in [6.45, 7) is 3.18. The van der Waals surface area contributed by atoms with Gasteiger partial charge in [0.15, 0.2) is 0 Å². The fourth-order valence-electron chi connectivity index (χ4n) is 3.64. The van der Waals surface area contributed by atoms with Crippen LogP contribution in [-0.4, -0.2) is 47.4 Å². The zero-order valence-corrected chi connectivity index (χ0v) is 12.7. The van der Waals surface area contributed by atoms with E-state index in [4.69, 9.17) is 10.8 Å². The molecule has 0 atom stereocenters. The van der Waals surface area contributed by atoms with Crippen molar-refractivity contribution in [3.8, 4) is 5.75 Å². The third kappa shape index (κ3) is 2.77. The minimum atomic E-state index is -0.801. The molecule has 0 saturated carbocycles. The maximum Gasteiger partial charge on any atom is 0.407 e. The number of aromatic hydroxyl groups is 1. The van der Waals surface area contributed by atoms with E-state index in [0.29, 0.717) is 18.8 Å². The molecule has 22 heavy (non-hydrogen) atoms. The summed E-state index contributed by atoms with van der Waals surface area (Å²) in [6.07, 6.45) is 3.27. The minimum absolute atomic E-state index is 0.132. The van der Waals surface area contributed by atoms with Gasteiger partial charge in [0, 0.05) is 37.9 Å². The number of benzene rings is 1. The molecule has 120 valence electrons. The van der Waals surface area contributed by atoms with Crippen molar-refractivity contribution in [2.75, 3.05) is 36.8 Å². The van der Waals surface area contributed by atoms with Gasteiger partial charge in [-0.1, -0.05) is 0 Å². The quantitative estimate of drug-likeness (QED) is 0.547. The number of likely N-dealkylation sites (tertiary alicyclic amines) is 1. The summed E-state index contributed by atoms with van der Waals surface area (Å²) in [6, 6.07) is 5.40. The predicted octanol–water partition coefficient (Wildman–Crippen LogP) is 2.33. The van der Waals surface area contributed by atoms with Crippen molar-refractivity contribution in [3.05, 3.63) is 18.2 Å². The second-order valence-corrected chi connectivity index (χ2v) is 6.50. The monoisotopic (exact) mass is 305 g/mol. The van der Waals surface area contributed by atoms with Gasteiger partial charge < -0.3 is 25.7 Å². The highest BCUT2D eigenvalue weighted by Crippen LogP contribution is 2.42. The van der Waals surface area contributed by atoms with Crippen molar-refractivity contribution in [1.82, 2.24) is 4.90 Å². The van der Waals surface area contributed by atoms with E-state index in [1.54, 1.807) is 12.1 Å². The number of phenolic OH excluding ortho intramolecular Hbond substituents is 1. The maximum atomic E-state index is 11.0. The van der Waals surface area contributed by atoms with Crippen LogP contribution in [0.1, 0.15) is 25.7 Å². The van der Waals surface area contributed by atoms with E-state index in [1.165, 1.54) is 4.90 Å². The molecule has 3 rings (SSSR count). The summed E-state index contributed by atoms with van der Waals surface area (Å²) in [4.78, 5) is 14.8. The summed E-state index contributed by atoms with van der Waals surface area (Å²) in [5, 5.41) is 18.8. The number of amides is 1. The van der Waals surface area contributed by atoms with Crippen LogP contribution < -0.4 is 10.6 Å². The van der Waals surface area contributed by atoms with Gasteiger partial charge >= 0.3 is 6.09 Å². The molecule has 0 aliphatic carbocycles. The number of rotatable bonds is 1. The summed E-state index contributed by atoms with van der Waals surface area (Å²) in [5.74, 6) is 0.132. The van der Waals surface area contributed by atoms with Crippen LogP contribution in [0.15, 0.2) is 18.2 Å². The Morgan fingerprint density at radius 2 is 1.68 bits per heavy atom. The lowest BCUT2D eigenvalue weighted by atomic mass is 9.71. The Morgan fingerprint density at radius 1 is 1.09 bits per heavy atom. The van der Waals surface area contributed by atoms with Gasteiger partial charge in [-0.25, -0.2) is 4.79 Å². The Bertz CT molecular complexity index is 558. The topological polar surface area (TPSA) is 90.0 Å². The first-order chi connectivity index (χ1) is 10.5. The molecule has 0 bridgehead atoms.